The van der Waals surface area contributed by atoms with Crippen LogP contribution in [0.15, 0.2) is 18.2 Å². The van der Waals surface area contributed by atoms with Crippen molar-refractivity contribution in [3.8, 4) is 11.5 Å². The summed E-state index contributed by atoms with van der Waals surface area (Å²) in [7, 11) is 0. The Labute approximate surface area is 151 Å². The SMILES string of the molecule is Br.CCCc1cc2c(s1)CN[C@@H]1CCc3cc(O)c(O)cc3[C@@H]21. The van der Waals surface area contributed by atoms with Gasteiger partial charge >= 0.3 is 0 Å². The van der Waals surface area contributed by atoms with Crippen molar-refractivity contribution in [1.82, 2.24) is 5.32 Å². The van der Waals surface area contributed by atoms with Crippen molar-refractivity contribution < 1.29 is 10.2 Å². The van der Waals surface area contributed by atoms with Gasteiger partial charge in [-0.1, -0.05) is 13.3 Å². The van der Waals surface area contributed by atoms with Gasteiger partial charge in [-0.25, -0.2) is 0 Å². The number of phenolic OH excluding ortho intramolecular Hbond substituents is 2. The van der Waals surface area contributed by atoms with Crippen molar-refractivity contribution >= 4 is 28.3 Å². The standard InChI is InChI=1S/C18H21NO2S.BrH/c1-2-3-11-7-13-17(22-11)9-19-14-5-4-10-6-15(20)16(21)8-12(10)18(13)14;/h6-8,14,18-21H,2-5,9H2,1H3;1H/t14-,18+;/m1./s1. The summed E-state index contributed by atoms with van der Waals surface area (Å²) in [6.45, 7) is 3.18. The third-order valence-electron chi connectivity index (χ3n) is 4.95. The average Bonchev–Trinajstić information content (AvgIpc) is 2.91. The highest BCUT2D eigenvalue weighted by Crippen LogP contribution is 2.46. The normalized spacial score (nSPS) is 21.8. The number of thiophene rings is 1. The third kappa shape index (κ3) is 2.79. The quantitative estimate of drug-likeness (QED) is 0.666. The van der Waals surface area contributed by atoms with Crippen LogP contribution in [0.5, 0.6) is 11.5 Å². The molecule has 2 heterocycles. The minimum absolute atomic E-state index is 0. The molecule has 1 aromatic carbocycles. The van der Waals surface area contributed by atoms with Crippen LogP contribution in [-0.4, -0.2) is 16.3 Å². The lowest BCUT2D eigenvalue weighted by molar-refractivity contribution is 0.382. The molecule has 0 radical (unpaired) electrons. The fraction of sp³-hybridized carbons (Fsp3) is 0.444. The van der Waals surface area contributed by atoms with Gasteiger partial charge in [0.1, 0.15) is 0 Å². The van der Waals surface area contributed by atoms with Crippen LogP contribution in [0.3, 0.4) is 0 Å². The molecule has 124 valence electrons. The van der Waals surface area contributed by atoms with Crippen molar-refractivity contribution in [2.24, 2.45) is 0 Å². The van der Waals surface area contributed by atoms with Crippen LogP contribution in [0.2, 0.25) is 0 Å². The van der Waals surface area contributed by atoms with Crippen LogP contribution in [0, 0.1) is 0 Å². The first kappa shape index (κ1) is 16.8. The molecule has 3 nitrogen and oxygen atoms in total. The van der Waals surface area contributed by atoms with Crippen LogP contribution >= 0.6 is 28.3 Å². The van der Waals surface area contributed by atoms with Crippen molar-refractivity contribution in [1.29, 1.82) is 0 Å². The summed E-state index contributed by atoms with van der Waals surface area (Å²) < 4.78 is 0. The molecule has 1 aliphatic heterocycles. The van der Waals surface area contributed by atoms with Crippen molar-refractivity contribution in [2.75, 3.05) is 0 Å². The lowest BCUT2D eigenvalue weighted by Crippen LogP contribution is -2.41. The second kappa shape index (κ2) is 6.46. The molecular weight excluding hydrogens is 374 g/mol. The highest BCUT2D eigenvalue weighted by molar-refractivity contribution is 8.93. The molecule has 3 N–H and O–H groups in total. The summed E-state index contributed by atoms with van der Waals surface area (Å²) in [6.07, 6.45) is 4.35. The highest BCUT2D eigenvalue weighted by atomic mass is 79.9. The molecule has 1 aromatic heterocycles. The van der Waals surface area contributed by atoms with E-state index in [0.717, 1.165) is 25.8 Å². The lowest BCUT2D eigenvalue weighted by atomic mass is 9.74. The Morgan fingerprint density at radius 2 is 1.96 bits per heavy atom. The number of aryl methyl sites for hydroxylation is 2. The van der Waals surface area contributed by atoms with Gasteiger partial charge in [0, 0.05) is 28.3 Å². The van der Waals surface area contributed by atoms with Crippen LogP contribution in [-0.2, 0) is 19.4 Å². The fourth-order valence-corrected chi connectivity index (χ4v) is 5.20. The summed E-state index contributed by atoms with van der Waals surface area (Å²) in [4.78, 5) is 2.90. The van der Waals surface area contributed by atoms with E-state index in [-0.39, 0.29) is 28.5 Å². The zero-order chi connectivity index (χ0) is 15.3. The largest absolute Gasteiger partial charge is 0.504 e. The molecule has 2 aromatic rings. The second-order valence-electron chi connectivity index (χ2n) is 6.38. The van der Waals surface area contributed by atoms with E-state index >= 15 is 0 Å². The van der Waals surface area contributed by atoms with Crippen LogP contribution in [0.25, 0.3) is 0 Å². The Balaban J connectivity index is 0.00000156. The maximum absolute atomic E-state index is 9.94. The van der Waals surface area contributed by atoms with E-state index in [0.29, 0.717) is 12.0 Å². The van der Waals surface area contributed by atoms with E-state index in [1.54, 1.807) is 12.1 Å². The van der Waals surface area contributed by atoms with E-state index in [1.165, 1.54) is 32.9 Å². The molecule has 4 rings (SSSR count). The molecule has 1 aliphatic carbocycles. The number of halogens is 1. The molecule has 0 amide bonds. The molecule has 23 heavy (non-hydrogen) atoms. The number of hydrogen-bond donors (Lipinski definition) is 3. The Kier molecular flexibility index (Phi) is 4.72. The van der Waals surface area contributed by atoms with Gasteiger partial charge < -0.3 is 15.5 Å². The van der Waals surface area contributed by atoms with Gasteiger partial charge in [-0.2, -0.15) is 0 Å². The first-order chi connectivity index (χ1) is 10.7. The number of nitrogens with one attached hydrogen (secondary N) is 1. The van der Waals surface area contributed by atoms with Crippen LogP contribution in [0.4, 0.5) is 0 Å². The topological polar surface area (TPSA) is 52.5 Å². The van der Waals surface area contributed by atoms with Gasteiger partial charge in [0.2, 0.25) is 0 Å². The van der Waals surface area contributed by atoms with E-state index in [2.05, 4.69) is 18.3 Å². The van der Waals surface area contributed by atoms with Gasteiger partial charge in [0.15, 0.2) is 11.5 Å². The first-order valence-corrected chi connectivity index (χ1v) is 8.88. The van der Waals surface area contributed by atoms with Gasteiger partial charge in [-0.15, -0.1) is 28.3 Å². The Hall–Kier alpha value is -1.04. The van der Waals surface area contributed by atoms with E-state index in [9.17, 15) is 10.2 Å². The Morgan fingerprint density at radius 1 is 1.17 bits per heavy atom. The van der Waals surface area contributed by atoms with E-state index < -0.39 is 0 Å². The molecule has 0 spiro atoms. The number of fused-ring (bicyclic) bond motifs is 5. The zero-order valence-electron chi connectivity index (χ0n) is 13.1. The van der Waals surface area contributed by atoms with Gasteiger partial charge in [0.05, 0.1) is 0 Å². The molecule has 0 saturated heterocycles. The van der Waals surface area contributed by atoms with E-state index in [4.69, 9.17) is 0 Å². The summed E-state index contributed by atoms with van der Waals surface area (Å²) in [5, 5.41) is 23.4. The number of hydrogen-bond acceptors (Lipinski definition) is 4. The van der Waals surface area contributed by atoms with Crippen LogP contribution in [0.1, 0.15) is 52.1 Å². The maximum atomic E-state index is 9.94. The van der Waals surface area contributed by atoms with Crippen LogP contribution < -0.4 is 5.32 Å². The van der Waals surface area contributed by atoms with Gasteiger partial charge in [-0.05, 0) is 54.2 Å². The van der Waals surface area contributed by atoms with Gasteiger partial charge in [-0.3, -0.25) is 0 Å². The Bertz CT molecular complexity index is 728. The first-order valence-electron chi connectivity index (χ1n) is 8.07. The minimum atomic E-state index is -0.00413. The summed E-state index contributed by atoms with van der Waals surface area (Å²) in [5.74, 6) is 0.301. The third-order valence-corrected chi connectivity index (χ3v) is 6.16. The second-order valence-corrected chi connectivity index (χ2v) is 7.61. The molecule has 5 heteroatoms. The van der Waals surface area contributed by atoms with Crippen molar-refractivity contribution in [3.63, 3.8) is 0 Å². The molecule has 0 saturated carbocycles. The highest BCUT2D eigenvalue weighted by Gasteiger charge is 2.36. The number of rotatable bonds is 2. The summed E-state index contributed by atoms with van der Waals surface area (Å²) in [5.41, 5.74) is 3.79. The lowest BCUT2D eigenvalue weighted by Gasteiger charge is -2.38. The van der Waals surface area contributed by atoms with Crippen molar-refractivity contribution in [3.05, 3.63) is 44.6 Å². The summed E-state index contributed by atoms with van der Waals surface area (Å²) in [6, 6.07) is 6.33. The average molecular weight is 396 g/mol. The fourth-order valence-electron chi connectivity index (χ4n) is 3.94. The van der Waals surface area contributed by atoms with E-state index in [1.807, 2.05) is 11.3 Å². The number of benzene rings is 1. The van der Waals surface area contributed by atoms with Crippen molar-refractivity contribution in [2.45, 2.75) is 51.1 Å². The zero-order valence-corrected chi connectivity index (χ0v) is 15.7. The predicted molar refractivity (Wildman–Crippen MR) is 99.2 cm³/mol. The molecule has 0 bridgehead atoms. The Morgan fingerprint density at radius 3 is 2.74 bits per heavy atom. The molecule has 2 atom stereocenters. The molecule has 0 unspecified atom stereocenters. The summed E-state index contributed by atoms with van der Waals surface area (Å²) >= 11 is 1.92. The molecule has 0 fully saturated rings. The predicted octanol–water partition coefficient (Wildman–Crippen LogP) is 4.24. The molecule has 2 aliphatic rings. The monoisotopic (exact) mass is 395 g/mol. The maximum Gasteiger partial charge on any atom is 0.157 e. The minimum Gasteiger partial charge on any atom is -0.504 e. The smallest absolute Gasteiger partial charge is 0.157 e. The molecular formula is C18H22BrNO2S. The number of aromatic hydroxyl groups is 2. The van der Waals surface area contributed by atoms with Gasteiger partial charge in [0.25, 0.3) is 0 Å². The number of phenols is 2.